The lowest BCUT2D eigenvalue weighted by Crippen LogP contribution is -2.33. The number of nitro groups is 1. The van der Waals surface area contributed by atoms with Crippen LogP contribution in [0.25, 0.3) is 0 Å². The molecule has 1 aliphatic heterocycles. The summed E-state index contributed by atoms with van der Waals surface area (Å²) in [6, 6.07) is 9.68. The first-order chi connectivity index (χ1) is 13.4. The van der Waals surface area contributed by atoms with Crippen molar-refractivity contribution in [3.63, 3.8) is 0 Å². The van der Waals surface area contributed by atoms with Gasteiger partial charge in [0.25, 0.3) is 5.69 Å². The zero-order valence-corrected chi connectivity index (χ0v) is 16.2. The Morgan fingerprint density at radius 1 is 1.36 bits per heavy atom. The summed E-state index contributed by atoms with van der Waals surface area (Å²) in [5.41, 5.74) is 2.31. The van der Waals surface area contributed by atoms with Gasteiger partial charge in [0.15, 0.2) is 0 Å². The maximum Gasteiger partial charge on any atom is 0.321 e. The van der Waals surface area contributed by atoms with Crippen LogP contribution in [-0.2, 0) is 11.4 Å². The standard InChI is InChI=1S/C19H20N2O6S/c1-11-7-14(4-5-16(11)21(24)25)27-9-13-8-12(3-6-17(13)26-2)18-20-15(10-28-18)19(22)23/h3-8,15,18,20H,9-10H2,1-2H3,(H,22,23)/t15-,18+/m0/s1. The van der Waals surface area contributed by atoms with Crippen LogP contribution in [0.1, 0.15) is 22.1 Å². The van der Waals surface area contributed by atoms with Crippen molar-refractivity contribution in [2.24, 2.45) is 0 Å². The van der Waals surface area contributed by atoms with Gasteiger partial charge < -0.3 is 14.6 Å². The Balaban J connectivity index is 1.75. The molecule has 2 aromatic rings. The third-order valence-electron chi connectivity index (χ3n) is 4.45. The second-order valence-electron chi connectivity index (χ2n) is 6.34. The average Bonchev–Trinajstić information content (AvgIpc) is 3.16. The van der Waals surface area contributed by atoms with E-state index in [-0.39, 0.29) is 17.7 Å². The molecule has 1 heterocycles. The minimum absolute atomic E-state index is 0.0456. The fourth-order valence-electron chi connectivity index (χ4n) is 2.96. The van der Waals surface area contributed by atoms with Crippen molar-refractivity contribution in [2.45, 2.75) is 24.9 Å². The van der Waals surface area contributed by atoms with E-state index in [4.69, 9.17) is 14.6 Å². The lowest BCUT2D eigenvalue weighted by molar-refractivity contribution is -0.385. The van der Waals surface area contributed by atoms with E-state index in [0.717, 1.165) is 11.1 Å². The number of aliphatic carboxylic acids is 1. The predicted octanol–water partition coefficient (Wildman–Crippen LogP) is 3.28. The van der Waals surface area contributed by atoms with Gasteiger partial charge in [-0.1, -0.05) is 6.07 Å². The molecule has 2 N–H and O–H groups in total. The maximum absolute atomic E-state index is 11.1. The minimum atomic E-state index is -0.861. The molecule has 1 fully saturated rings. The molecular weight excluding hydrogens is 384 g/mol. The molecule has 0 radical (unpaired) electrons. The second kappa shape index (κ2) is 8.49. The van der Waals surface area contributed by atoms with E-state index in [9.17, 15) is 14.9 Å². The Morgan fingerprint density at radius 2 is 2.14 bits per heavy atom. The minimum Gasteiger partial charge on any atom is -0.496 e. The van der Waals surface area contributed by atoms with Crippen molar-refractivity contribution in [3.05, 3.63) is 63.2 Å². The molecule has 0 unspecified atom stereocenters. The summed E-state index contributed by atoms with van der Waals surface area (Å²) in [6.45, 7) is 1.88. The van der Waals surface area contributed by atoms with Crippen molar-refractivity contribution in [3.8, 4) is 11.5 Å². The highest BCUT2D eigenvalue weighted by molar-refractivity contribution is 7.99. The van der Waals surface area contributed by atoms with Gasteiger partial charge in [-0.25, -0.2) is 0 Å². The molecule has 0 aromatic heterocycles. The van der Waals surface area contributed by atoms with Crippen LogP contribution in [0, 0.1) is 17.0 Å². The van der Waals surface area contributed by atoms with Crippen LogP contribution in [0.3, 0.4) is 0 Å². The van der Waals surface area contributed by atoms with Gasteiger partial charge >= 0.3 is 5.97 Å². The topological polar surface area (TPSA) is 111 Å². The summed E-state index contributed by atoms with van der Waals surface area (Å²) in [4.78, 5) is 21.6. The number of carboxylic acids is 1. The van der Waals surface area contributed by atoms with Gasteiger partial charge in [0.05, 0.1) is 17.4 Å². The average molecular weight is 404 g/mol. The Hall–Kier alpha value is -2.78. The van der Waals surface area contributed by atoms with Crippen molar-refractivity contribution < 1.29 is 24.3 Å². The summed E-state index contributed by atoms with van der Waals surface area (Å²) in [5.74, 6) is 0.815. The zero-order chi connectivity index (χ0) is 20.3. The number of nitrogens with zero attached hydrogens (tertiary/aromatic N) is 1. The quantitative estimate of drug-likeness (QED) is 0.534. The molecule has 3 rings (SSSR count). The Kier molecular flexibility index (Phi) is 6.05. The summed E-state index contributed by atoms with van der Waals surface area (Å²) in [6.07, 6.45) is 0. The molecule has 1 aliphatic rings. The lowest BCUT2D eigenvalue weighted by atomic mass is 10.1. The molecule has 0 amide bonds. The lowest BCUT2D eigenvalue weighted by Gasteiger charge is -2.16. The van der Waals surface area contributed by atoms with Gasteiger partial charge in [-0.2, -0.15) is 0 Å². The van der Waals surface area contributed by atoms with Crippen LogP contribution in [0.4, 0.5) is 5.69 Å². The maximum atomic E-state index is 11.1. The predicted molar refractivity (Wildman–Crippen MR) is 105 cm³/mol. The first-order valence-corrected chi connectivity index (χ1v) is 9.59. The van der Waals surface area contributed by atoms with E-state index in [1.807, 2.05) is 18.2 Å². The number of carboxylic acid groups (broad SMARTS) is 1. The van der Waals surface area contributed by atoms with Gasteiger partial charge in [-0.3, -0.25) is 20.2 Å². The van der Waals surface area contributed by atoms with E-state index < -0.39 is 16.9 Å². The Morgan fingerprint density at radius 3 is 2.75 bits per heavy atom. The van der Waals surface area contributed by atoms with Crippen LogP contribution in [-0.4, -0.2) is 34.9 Å². The van der Waals surface area contributed by atoms with Crippen molar-refractivity contribution in [1.29, 1.82) is 0 Å². The van der Waals surface area contributed by atoms with Crippen LogP contribution in [0.5, 0.6) is 11.5 Å². The molecule has 2 aromatic carbocycles. The van der Waals surface area contributed by atoms with E-state index in [1.165, 1.54) is 17.8 Å². The number of nitro benzene ring substituents is 1. The SMILES string of the molecule is COc1ccc([C@@H]2N[C@H](C(=O)O)CS2)cc1COc1ccc([N+](=O)[O-])c(C)c1. The number of rotatable bonds is 7. The molecule has 1 saturated heterocycles. The fraction of sp³-hybridized carbons (Fsp3) is 0.316. The van der Waals surface area contributed by atoms with Crippen molar-refractivity contribution in [2.75, 3.05) is 12.9 Å². The Labute approximate surface area is 166 Å². The molecule has 28 heavy (non-hydrogen) atoms. The van der Waals surface area contributed by atoms with Crippen LogP contribution in [0.15, 0.2) is 36.4 Å². The van der Waals surface area contributed by atoms with Crippen molar-refractivity contribution >= 4 is 23.4 Å². The monoisotopic (exact) mass is 404 g/mol. The van der Waals surface area contributed by atoms with E-state index >= 15 is 0 Å². The summed E-state index contributed by atoms with van der Waals surface area (Å²) < 4.78 is 11.2. The molecule has 0 aliphatic carbocycles. The number of hydrogen-bond donors (Lipinski definition) is 2. The molecule has 9 heteroatoms. The van der Waals surface area contributed by atoms with E-state index in [0.29, 0.717) is 22.8 Å². The normalized spacial score (nSPS) is 18.6. The first kappa shape index (κ1) is 20.0. The number of nitrogens with one attached hydrogen (secondary N) is 1. The molecule has 148 valence electrons. The fourth-order valence-corrected chi connectivity index (χ4v) is 4.19. The van der Waals surface area contributed by atoms with E-state index in [1.54, 1.807) is 26.2 Å². The molecule has 0 bridgehead atoms. The van der Waals surface area contributed by atoms with Gasteiger partial charge in [0, 0.05) is 22.9 Å². The smallest absolute Gasteiger partial charge is 0.321 e. The van der Waals surface area contributed by atoms with E-state index in [2.05, 4.69) is 5.32 Å². The highest BCUT2D eigenvalue weighted by Crippen LogP contribution is 2.35. The van der Waals surface area contributed by atoms with Gasteiger partial charge in [-0.05, 0) is 36.8 Å². The third kappa shape index (κ3) is 4.37. The molecule has 8 nitrogen and oxygen atoms in total. The van der Waals surface area contributed by atoms with Gasteiger partial charge in [-0.15, -0.1) is 11.8 Å². The number of methoxy groups -OCH3 is 1. The van der Waals surface area contributed by atoms with Crippen LogP contribution < -0.4 is 14.8 Å². The van der Waals surface area contributed by atoms with Gasteiger partial charge in [0.1, 0.15) is 24.1 Å². The highest BCUT2D eigenvalue weighted by atomic mass is 32.2. The summed E-state index contributed by atoms with van der Waals surface area (Å²) in [5, 5.41) is 23.0. The molecule has 0 saturated carbocycles. The number of aryl methyl sites for hydroxylation is 1. The zero-order valence-electron chi connectivity index (χ0n) is 15.4. The van der Waals surface area contributed by atoms with Crippen LogP contribution in [0.2, 0.25) is 0 Å². The van der Waals surface area contributed by atoms with Crippen molar-refractivity contribution in [1.82, 2.24) is 5.32 Å². The number of thioether (sulfide) groups is 1. The molecular formula is C19H20N2O6S. The second-order valence-corrected chi connectivity index (χ2v) is 7.47. The number of benzene rings is 2. The summed E-state index contributed by atoms with van der Waals surface area (Å²) in [7, 11) is 1.57. The van der Waals surface area contributed by atoms with Gasteiger partial charge in [0.2, 0.25) is 0 Å². The number of carbonyl (C=O) groups is 1. The largest absolute Gasteiger partial charge is 0.496 e. The third-order valence-corrected chi connectivity index (χ3v) is 5.71. The first-order valence-electron chi connectivity index (χ1n) is 8.54. The molecule has 2 atom stereocenters. The van der Waals surface area contributed by atoms with Crippen LogP contribution >= 0.6 is 11.8 Å². The highest BCUT2D eigenvalue weighted by Gasteiger charge is 2.30. The summed E-state index contributed by atoms with van der Waals surface area (Å²) >= 11 is 1.54. The molecule has 0 spiro atoms. The number of ether oxygens (including phenoxy) is 2. The Bertz CT molecular complexity index is 904. The number of hydrogen-bond acceptors (Lipinski definition) is 7.